The predicted octanol–water partition coefficient (Wildman–Crippen LogP) is 1.58. The molecule has 0 unspecified atom stereocenters. The number of carbonyl (C=O) groups is 1. The van der Waals surface area contributed by atoms with Crippen LogP contribution in [0.15, 0.2) is 17.2 Å². The van der Waals surface area contributed by atoms with E-state index in [-0.39, 0.29) is 16.0 Å². The van der Waals surface area contributed by atoms with Crippen molar-refractivity contribution < 1.29 is 18.3 Å². The molecule has 1 saturated carbocycles. The molecule has 2 N–H and O–H groups in total. The minimum absolute atomic E-state index is 0.00276. The third-order valence-electron chi connectivity index (χ3n) is 4.31. The lowest BCUT2D eigenvalue weighted by molar-refractivity contribution is 0.0686. The van der Waals surface area contributed by atoms with Crippen molar-refractivity contribution in [2.45, 2.75) is 37.5 Å². The summed E-state index contributed by atoms with van der Waals surface area (Å²) >= 11 is 0. The summed E-state index contributed by atoms with van der Waals surface area (Å²) in [6.45, 7) is 2.49. The van der Waals surface area contributed by atoms with Crippen LogP contribution in [-0.2, 0) is 17.1 Å². The average molecular weight is 300 g/mol. The Hall–Kier alpha value is -1.34. The number of sulfonamides is 1. The Morgan fingerprint density at radius 3 is 2.55 bits per heavy atom. The van der Waals surface area contributed by atoms with E-state index in [9.17, 15) is 13.2 Å². The zero-order valence-corrected chi connectivity index (χ0v) is 12.5. The van der Waals surface area contributed by atoms with Crippen LogP contribution >= 0.6 is 0 Å². The molecule has 0 bridgehead atoms. The molecule has 7 heteroatoms. The predicted molar refractivity (Wildman–Crippen MR) is 74.1 cm³/mol. The van der Waals surface area contributed by atoms with Gasteiger partial charge in [0.2, 0.25) is 10.0 Å². The van der Waals surface area contributed by atoms with Gasteiger partial charge in [-0.2, -0.15) is 0 Å². The summed E-state index contributed by atoms with van der Waals surface area (Å²) in [5.41, 5.74) is 0.0384. The number of aryl methyl sites for hydroxylation is 1. The molecule has 0 saturated heterocycles. The molecular weight excluding hydrogens is 280 g/mol. The molecular formula is C13H20N2O4S. The first-order valence-electron chi connectivity index (χ1n) is 6.69. The molecule has 1 fully saturated rings. The topological polar surface area (TPSA) is 88.4 Å². The van der Waals surface area contributed by atoms with E-state index in [2.05, 4.69) is 11.6 Å². The second kappa shape index (κ2) is 5.21. The maximum absolute atomic E-state index is 12.2. The molecule has 0 aliphatic heterocycles. The molecule has 1 aliphatic rings. The highest BCUT2D eigenvalue weighted by atomic mass is 32.2. The zero-order chi connectivity index (χ0) is 15.0. The normalized spacial score (nSPS) is 17.7. The van der Waals surface area contributed by atoms with E-state index in [1.165, 1.54) is 23.9 Å². The molecule has 0 amide bonds. The molecule has 6 nitrogen and oxygen atoms in total. The third-order valence-corrected chi connectivity index (χ3v) is 5.68. The molecule has 0 spiro atoms. The summed E-state index contributed by atoms with van der Waals surface area (Å²) in [5, 5.41) is 8.95. The maximum Gasteiger partial charge on any atom is 0.352 e. The monoisotopic (exact) mass is 300 g/mol. The average Bonchev–Trinajstić information content (AvgIpc) is 2.71. The molecule has 1 aromatic rings. The second-order valence-electron chi connectivity index (χ2n) is 5.51. The van der Waals surface area contributed by atoms with Gasteiger partial charge in [-0.1, -0.05) is 13.3 Å². The van der Waals surface area contributed by atoms with Crippen molar-refractivity contribution in [1.29, 1.82) is 0 Å². The molecule has 1 aromatic heterocycles. The van der Waals surface area contributed by atoms with Gasteiger partial charge in [0.05, 0.1) is 0 Å². The fraction of sp³-hybridized carbons (Fsp3) is 0.615. The first-order valence-corrected chi connectivity index (χ1v) is 8.17. The SMILES string of the molecule is CCC1(CNS(=O)(=O)c2cc(C(=O)O)n(C)c2)CCC1. The summed E-state index contributed by atoms with van der Waals surface area (Å²) in [6.07, 6.45) is 5.50. The summed E-state index contributed by atoms with van der Waals surface area (Å²) in [6, 6.07) is 1.18. The van der Waals surface area contributed by atoms with Crippen LogP contribution in [0.25, 0.3) is 0 Å². The van der Waals surface area contributed by atoms with Gasteiger partial charge in [-0.05, 0) is 30.7 Å². The first-order chi connectivity index (χ1) is 9.30. The van der Waals surface area contributed by atoms with Crippen LogP contribution in [0.5, 0.6) is 0 Å². The zero-order valence-electron chi connectivity index (χ0n) is 11.7. The van der Waals surface area contributed by atoms with Crippen LogP contribution in [0, 0.1) is 5.41 Å². The summed E-state index contributed by atoms with van der Waals surface area (Å²) in [5.74, 6) is -1.14. The van der Waals surface area contributed by atoms with E-state index in [1.807, 2.05) is 0 Å². The highest BCUT2D eigenvalue weighted by Gasteiger charge is 2.36. The summed E-state index contributed by atoms with van der Waals surface area (Å²) in [4.78, 5) is 10.9. The second-order valence-corrected chi connectivity index (χ2v) is 7.28. The Kier molecular flexibility index (Phi) is 3.93. The highest BCUT2D eigenvalue weighted by molar-refractivity contribution is 7.89. The number of hydrogen-bond acceptors (Lipinski definition) is 3. The first kappa shape index (κ1) is 15.1. The van der Waals surface area contributed by atoms with Crippen LogP contribution in [0.4, 0.5) is 0 Å². The van der Waals surface area contributed by atoms with E-state index in [1.54, 1.807) is 0 Å². The number of carboxylic acid groups (broad SMARTS) is 1. The number of nitrogens with one attached hydrogen (secondary N) is 1. The van der Waals surface area contributed by atoms with Crippen LogP contribution in [0.3, 0.4) is 0 Å². The summed E-state index contributed by atoms with van der Waals surface area (Å²) < 4.78 is 28.3. The minimum Gasteiger partial charge on any atom is -0.477 e. The molecule has 1 heterocycles. The molecule has 0 atom stereocenters. The van der Waals surface area contributed by atoms with Crippen molar-refractivity contribution in [1.82, 2.24) is 9.29 Å². The maximum atomic E-state index is 12.2. The van der Waals surface area contributed by atoms with E-state index in [0.29, 0.717) is 6.54 Å². The van der Waals surface area contributed by atoms with Gasteiger partial charge in [0, 0.05) is 19.8 Å². The van der Waals surface area contributed by atoms with Gasteiger partial charge in [-0.15, -0.1) is 0 Å². The van der Waals surface area contributed by atoms with E-state index in [0.717, 1.165) is 25.7 Å². The number of rotatable bonds is 6. The van der Waals surface area contributed by atoms with Crippen molar-refractivity contribution in [2.24, 2.45) is 12.5 Å². The molecule has 112 valence electrons. The fourth-order valence-electron chi connectivity index (χ4n) is 2.56. The van der Waals surface area contributed by atoms with Crippen molar-refractivity contribution >= 4 is 16.0 Å². The third kappa shape index (κ3) is 2.73. The van der Waals surface area contributed by atoms with Crippen LogP contribution < -0.4 is 4.72 Å². The van der Waals surface area contributed by atoms with Gasteiger partial charge in [0.25, 0.3) is 0 Å². The van der Waals surface area contributed by atoms with Crippen LogP contribution in [0.1, 0.15) is 43.1 Å². The molecule has 0 aromatic carbocycles. The number of aromatic carboxylic acids is 1. The largest absolute Gasteiger partial charge is 0.477 e. The molecule has 2 rings (SSSR count). The molecule has 0 radical (unpaired) electrons. The lowest BCUT2D eigenvalue weighted by atomic mass is 9.67. The molecule has 1 aliphatic carbocycles. The number of hydrogen-bond donors (Lipinski definition) is 2. The van der Waals surface area contributed by atoms with Gasteiger partial charge in [0.1, 0.15) is 10.6 Å². The van der Waals surface area contributed by atoms with Crippen molar-refractivity contribution in [3.8, 4) is 0 Å². The van der Waals surface area contributed by atoms with Crippen molar-refractivity contribution in [3.63, 3.8) is 0 Å². The Balaban J connectivity index is 2.14. The Morgan fingerprint density at radius 2 is 2.15 bits per heavy atom. The Morgan fingerprint density at radius 1 is 1.50 bits per heavy atom. The van der Waals surface area contributed by atoms with E-state index >= 15 is 0 Å². The van der Waals surface area contributed by atoms with Gasteiger partial charge in [-0.25, -0.2) is 17.9 Å². The number of carboxylic acids is 1. The summed E-state index contributed by atoms with van der Waals surface area (Å²) in [7, 11) is -2.13. The van der Waals surface area contributed by atoms with Gasteiger partial charge in [0.15, 0.2) is 0 Å². The van der Waals surface area contributed by atoms with Gasteiger partial charge in [-0.3, -0.25) is 0 Å². The lowest BCUT2D eigenvalue weighted by Gasteiger charge is -2.41. The standard InChI is InChI=1S/C13H20N2O4S/c1-3-13(5-4-6-13)9-14-20(18,19)10-7-11(12(16)17)15(2)8-10/h7-8,14H,3-6,9H2,1-2H3,(H,16,17). The Bertz CT molecular complexity index is 609. The molecule has 20 heavy (non-hydrogen) atoms. The quantitative estimate of drug-likeness (QED) is 0.835. The van der Waals surface area contributed by atoms with Crippen molar-refractivity contribution in [2.75, 3.05) is 6.54 Å². The number of nitrogens with zero attached hydrogens (tertiary/aromatic N) is 1. The smallest absolute Gasteiger partial charge is 0.352 e. The minimum atomic E-state index is -3.65. The van der Waals surface area contributed by atoms with Gasteiger partial charge >= 0.3 is 5.97 Å². The number of aromatic nitrogens is 1. The van der Waals surface area contributed by atoms with Crippen LogP contribution in [0.2, 0.25) is 0 Å². The van der Waals surface area contributed by atoms with Crippen LogP contribution in [-0.4, -0.2) is 30.6 Å². The lowest BCUT2D eigenvalue weighted by Crippen LogP contribution is -2.41. The van der Waals surface area contributed by atoms with Crippen molar-refractivity contribution in [3.05, 3.63) is 18.0 Å². The highest BCUT2D eigenvalue weighted by Crippen LogP contribution is 2.43. The van der Waals surface area contributed by atoms with E-state index < -0.39 is 16.0 Å². The van der Waals surface area contributed by atoms with E-state index in [4.69, 9.17) is 5.11 Å². The Labute approximate surface area is 118 Å². The van der Waals surface area contributed by atoms with Gasteiger partial charge < -0.3 is 9.67 Å². The fourth-order valence-corrected chi connectivity index (χ4v) is 3.78.